The van der Waals surface area contributed by atoms with Crippen molar-refractivity contribution in [3.63, 3.8) is 0 Å². The summed E-state index contributed by atoms with van der Waals surface area (Å²) in [6, 6.07) is 11.4. The first kappa shape index (κ1) is 17.5. The van der Waals surface area contributed by atoms with Crippen molar-refractivity contribution in [2.75, 3.05) is 0 Å². The van der Waals surface area contributed by atoms with E-state index in [4.69, 9.17) is 4.42 Å². The van der Waals surface area contributed by atoms with Crippen molar-refractivity contribution in [3.05, 3.63) is 80.2 Å². The molecule has 1 aliphatic heterocycles. The van der Waals surface area contributed by atoms with Crippen molar-refractivity contribution < 1.29 is 9.21 Å². The molecule has 0 saturated heterocycles. The number of nitrogens with one attached hydrogen (secondary N) is 1. The number of benzene rings is 2. The smallest absolute Gasteiger partial charge is 0.288 e. The maximum Gasteiger partial charge on any atom is 0.288 e. The van der Waals surface area contributed by atoms with Crippen LogP contribution in [-0.4, -0.2) is 5.91 Å². The maximum absolute atomic E-state index is 13.2. The van der Waals surface area contributed by atoms with Crippen LogP contribution in [0.15, 0.2) is 45.6 Å². The van der Waals surface area contributed by atoms with Gasteiger partial charge in [-0.3, -0.25) is 9.59 Å². The summed E-state index contributed by atoms with van der Waals surface area (Å²) < 4.78 is 5.90. The second-order valence-electron chi connectivity index (χ2n) is 8.41. The lowest BCUT2D eigenvalue weighted by atomic mass is 9.86. The Morgan fingerprint density at radius 1 is 1.00 bits per heavy atom. The summed E-state index contributed by atoms with van der Waals surface area (Å²) in [6.45, 7) is 10.3. The predicted octanol–water partition coefficient (Wildman–Crippen LogP) is 4.54. The fourth-order valence-electron chi connectivity index (χ4n) is 3.79. The van der Waals surface area contributed by atoms with Crippen molar-refractivity contribution in [3.8, 4) is 0 Å². The zero-order chi connectivity index (χ0) is 19.5. The highest BCUT2D eigenvalue weighted by atomic mass is 16.3. The summed E-state index contributed by atoms with van der Waals surface area (Å²) >= 11 is 0. The van der Waals surface area contributed by atoms with Crippen LogP contribution in [0.1, 0.15) is 65.2 Å². The summed E-state index contributed by atoms with van der Waals surface area (Å²) in [5, 5.41) is 3.44. The third-order valence-electron chi connectivity index (χ3n) is 5.24. The van der Waals surface area contributed by atoms with E-state index in [1.165, 1.54) is 5.56 Å². The van der Waals surface area contributed by atoms with E-state index in [0.717, 1.165) is 16.7 Å². The maximum atomic E-state index is 13.2. The number of carbonyl (C=O) groups is 1. The molecule has 1 unspecified atom stereocenters. The van der Waals surface area contributed by atoms with E-state index in [1.807, 2.05) is 38.1 Å². The summed E-state index contributed by atoms with van der Waals surface area (Å²) in [5.74, 6) is -0.210. The number of fused-ring (bicyclic) bond motifs is 2. The lowest BCUT2D eigenvalue weighted by molar-refractivity contribution is 0.0938. The number of hydrogen-bond acceptors (Lipinski definition) is 3. The van der Waals surface area contributed by atoms with E-state index >= 15 is 0 Å². The summed E-state index contributed by atoms with van der Waals surface area (Å²) in [4.78, 5) is 25.7. The Kier molecular flexibility index (Phi) is 3.77. The minimum absolute atomic E-state index is 0.0413. The van der Waals surface area contributed by atoms with Gasteiger partial charge < -0.3 is 9.73 Å². The molecule has 4 rings (SSSR count). The van der Waals surface area contributed by atoms with Crippen LogP contribution in [0.2, 0.25) is 0 Å². The molecule has 4 heteroatoms. The van der Waals surface area contributed by atoms with Crippen molar-refractivity contribution in [1.29, 1.82) is 0 Å². The molecule has 4 nitrogen and oxygen atoms in total. The van der Waals surface area contributed by atoms with Crippen LogP contribution in [-0.2, 0) is 5.41 Å². The molecular weight excluding hydrogens is 338 g/mol. The van der Waals surface area contributed by atoms with Crippen LogP contribution in [0.3, 0.4) is 0 Å². The molecule has 1 amide bonds. The van der Waals surface area contributed by atoms with Gasteiger partial charge in [-0.2, -0.15) is 0 Å². The quantitative estimate of drug-likeness (QED) is 0.692. The second kappa shape index (κ2) is 5.81. The molecule has 2 heterocycles. The van der Waals surface area contributed by atoms with Gasteiger partial charge in [0.05, 0.1) is 17.0 Å². The molecule has 2 aromatic carbocycles. The molecule has 0 fully saturated rings. The first-order chi connectivity index (χ1) is 12.7. The molecule has 0 aliphatic carbocycles. The van der Waals surface area contributed by atoms with Crippen LogP contribution in [0.25, 0.3) is 11.0 Å². The molecule has 0 spiro atoms. The van der Waals surface area contributed by atoms with Gasteiger partial charge in [0, 0.05) is 0 Å². The first-order valence-electron chi connectivity index (χ1n) is 9.16. The highest BCUT2D eigenvalue weighted by Gasteiger charge is 2.36. The standard InChI is InChI=1S/C23H23NO3/c1-12-10-13(2)20-16(11-12)19(25)17-18(24-22(26)21(17)27-20)14-6-8-15(9-7-14)23(3,4)5/h6-11,18H,1-5H3,(H,24,26). The fraction of sp³-hybridized carbons (Fsp3) is 0.304. The first-order valence-corrected chi connectivity index (χ1v) is 9.16. The molecule has 3 aromatic rings. The Labute approximate surface area is 158 Å². The van der Waals surface area contributed by atoms with Crippen LogP contribution in [0.4, 0.5) is 0 Å². The van der Waals surface area contributed by atoms with Crippen molar-refractivity contribution in [1.82, 2.24) is 5.32 Å². The van der Waals surface area contributed by atoms with Crippen molar-refractivity contribution >= 4 is 16.9 Å². The molecule has 1 N–H and O–H groups in total. The normalized spacial score (nSPS) is 16.5. The molecule has 1 aliphatic rings. The van der Waals surface area contributed by atoms with Crippen molar-refractivity contribution in [2.45, 2.75) is 46.1 Å². The van der Waals surface area contributed by atoms with Crippen molar-refractivity contribution in [2.24, 2.45) is 0 Å². The van der Waals surface area contributed by atoms with Gasteiger partial charge >= 0.3 is 0 Å². The number of rotatable bonds is 1. The SMILES string of the molecule is Cc1cc(C)c2oc3c(c(=O)c2c1)C(c1ccc(C(C)(C)C)cc1)NC3=O. The van der Waals surface area contributed by atoms with Crippen LogP contribution < -0.4 is 10.7 Å². The van der Waals surface area contributed by atoms with E-state index in [1.54, 1.807) is 0 Å². The lowest BCUT2D eigenvalue weighted by Gasteiger charge is -2.20. The fourth-order valence-corrected chi connectivity index (χ4v) is 3.79. The van der Waals surface area contributed by atoms with Gasteiger partial charge in [0.2, 0.25) is 5.76 Å². The number of aryl methyl sites for hydroxylation is 2. The minimum Gasteiger partial charge on any atom is -0.450 e. The number of carbonyl (C=O) groups excluding carboxylic acids is 1. The monoisotopic (exact) mass is 361 g/mol. The molecule has 27 heavy (non-hydrogen) atoms. The largest absolute Gasteiger partial charge is 0.450 e. The Hall–Kier alpha value is -2.88. The Morgan fingerprint density at radius 2 is 1.67 bits per heavy atom. The van der Waals surface area contributed by atoms with Gasteiger partial charge in [-0.25, -0.2) is 0 Å². The number of amides is 1. The van der Waals surface area contributed by atoms with E-state index in [2.05, 4.69) is 38.2 Å². The zero-order valence-electron chi connectivity index (χ0n) is 16.3. The van der Waals surface area contributed by atoms with E-state index in [0.29, 0.717) is 16.5 Å². The molecule has 1 aromatic heterocycles. The lowest BCUT2D eigenvalue weighted by Crippen LogP contribution is -2.22. The highest BCUT2D eigenvalue weighted by molar-refractivity contribution is 5.99. The van der Waals surface area contributed by atoms with Gasteiger partial charge in [-0.1, -0.05) is 51.1 Å². The van der Waals surface area contributed by atoms with Gasteiger partial charge in [0.25, 0.3) is 5.91 Å². The van der Waals surface area contributed by atoms with Crippen LogP contribution >= 0.6 is 0 Å². The summed E-state index contributed by atoms with van der Waals surface area (Å²) in [6.07, 6.45) is 0. The van der Waals surface area contributed by atoms with Gasteiger partial charge in [-0.15, -0.1) is 0 Å². The Balaban J connectivity index is 1.91. The molecule has 1 atom stereocenters. The molecule has 0 bridgehead atoms. The van der Waals surface area contributed by atoms with E-state index in [9.17, 15) is 9.59 Å². The predicted molar refractivity (Wildman–Crippen MR) is 106 cm³/mol. The zero-order valence-corrected chi connectivity index (χ0v) is 16.3. The minimum atomic E-state index is -0.483. The van der Waals surface area contributed by atoms with Crippen LogP contribution in [0.5, 0.6) is 0 Å². The molecule has 0 saturated carbocycles. The third kappa shape index (κ3) is 2.76. The second-order valence-corrected chi connectivity index (χ2v) is 8.41. The average molecular weight is 361 g/mol. The van der Waals surface area contributed by atoms with Gasteiger partial charge in [0.1, 0.15) is 5.58 Å². The molecular formula is C23H23NO3. The Morgan fingerprint density at radius 3 is 2.30 bits per heavy atom. The van der Waals surface area contributed by atoms with E-state index in [-0.39, 0.29) is 22.5 Å². The topological polar surface area (TPSA) is 59.3 Å². The Bertz CT molecular complexity index is 1130. The van der Waals surface area contributed by atoms with Crippen LogP contribution in [0, 0.1) is 13.8 Å². The number of hydrogen-bond donors (Lipinski definition) is 1. The molecule has 138 valence electrons. The van der Waals surface area contributed by atoms with Gasteiger partial charge in [0.15, 0.2) is 5.43 Å². The highest BCUT2D eigenvalue weighted by Crippen LogP contribution is 2.33. The summed E-state index contributed by atoms with van der Waals surface area (Å²) in [5.41, 5.74) is 4.73. The third-order valence-corrected chi connectivity index (χ3v) is 5.24. The van der Waals surface area contributed by atoms with E-state index < -0.39 is 6.04 Å². The van der Waals surface area contributed by atoms with Gasteiger partial charge in [-0.05, 0) is 47.6 Å². The summed E-state index contributed by atoms with van der Waals surface area (Å²) in [7, 11) is 0. The molecule has 0 radical (unpaired) electrons. The average Bonchev–Trinajstić information content (AvgIpc) is 2.93.